The lowest BCUT2D eigenvalue weighted by molar-refractivity contribution is -0.0189. The highest BCUT2D eigenvalue weighted by Crippen LogP contribution is 2.34. The van der Waals surface area contributed by atoms with Crippen molar-refractivity contribution in [3.63, 3.8) is 0 Å². The van der Waals surface area contributed by atoms with Crippen LogP contribution in [0.5, 0.6) is 0 Å². The van der Waals surface area contributed by atoms with E-state index in [9.17, 15) is 10.2 Å². The summed E-state index contributed by atoms with van der Waals surface area (Å²) in [6.07, 6.45) is 3.32. The van der Waals surface area contributed by atoms with Crippen LogP contribution in [-0.4, -0.2) is 22.4 Å². The molecule has 0 heterocycles. The zero-order chi connectivity index (χ0) is 10.1. The van der Waals surface area contributed by atoms with Gasteiger partial charge >= 0.3 is 0 Å². The minimum absolute atomic E-state index is 0.0209. The second kappa shape index (κ2) is 3.97. The number of aliphatic hydroxyl groups excluding tert-OH is 2. The predicted molar refractivity (Wildman–Crippen MR) is 53.4 cm³/mol. The summed E-state index contributed by atoms with van der Waals surface area (Å²) in [5.74, 6) is 0.392. The van der Waals surface area contributed by atoms with Gasteiger partial charge in [0.1, 0.15) is 0 Å². The first-order valence-electron chi connectivity index (χ1n) is 5.27. The van der Waals surface area contributed by atoms with Crippen LogP contribution in [-0.2, 0) is 0 Å². The molecule has 0 radical (unpaired) electrons. The molecule has 2 nitrogen and oxygen atoms in total. The molecule has 0 aromatic rings. The first-order valence-corrected chi connectivity index (χ1v) is 5.27. The number of hydrogen-bond donors (Lipinski definition) is 2. The molecule has 1 aliphatic carbocycles. The topological polar surface area (TPSA) is 40.5 Å². The standard InChI is InChI=1S/C11H22O2/c1-11(2,3)10(13)8-4-6-9(12)7-5-8/h8-10,12-13H,4-7H2,1-3H3. The van der Waals surface area contributed by atoms with Gasteiger partial charge in [-0.15, -0.1) is 0 Å². The van der Waals surface area contributed by atoms with E-state index in [1.807, 2.05) is 0 Å². The van der Waals surface area contributed by atoms with Crippen LogP contribution in [0.4, 0.5) is 0 Å². The summed E-state index contributed by atoms with van der Waals surface area (Å²) in [7, 11) is 0. The molecule has 2 N–H and O–H groups in total. The van der Waals surface area contributed by atoms with Gasteiger partial charge in [0, 0.05) is 0 Å². The molecule has 0 aromatic heterocycles. The monoisotopic (exact) mass is 186 g/mol. The molecule has 0 aliphatic heterocycles. The fourth-order valence-electron chi connectivity index (χ4n) is 2.12. The molecule has 0 aromatic carbocycles. The highest BCUT2D eigenvalue weighted by Gasteiger charge is 2.32. The zero-order valence-corrected chi connectivity index (χ0v) is 8.95. The minimum Gasteiger partial charge on any atom is -0.393 e. The van der Waals surface area contributed by atoms with E-state index in [1.165, 1.54) is 0 Å². The first-order chi connectivity index (χ1) is 5.91. The Bertz CT molecular complexity index is 152. The summed E-state index contributed by atoms with van der Waals surface area (Å²) in [4.78, 5) is 0. The van der Waals surface area contributed by atoms with Crippen molar-refractivity contribution in [2.75, 3.05) is 0 Å². The molecule has 0 amide bonds. The maximum Gasteiger partial charge on any atom is 0.0616 e. The van der Waals surface area contributed by atoms with Gasteiger partial charge in [0.25, 0.3) is 0 Å². The highest BCUT2D eigenvalue weighted by atomic mass is 16.3. The lowest BCUT2D eigenvalue weighted by Crippen LogP contribution is -2.36. The van der Waals surface area contributed by atoms with E-state index in [0.717, 1.165) is 25.7 Å². The Morgan fingerprint density at radius 3 is 1.92 bits per heavy atom. The molecule has 78 valence electrons. The van der Waals surface area contributed by atoms with Gasteiger partial charge < -0.3 is 10.2 Å². The Morgan fingerprint density at radius 2 is 1.54 bits per heavy atom. The van der Waals surface area contributed by atoms with E-state index in [-0.39, 0.29) is 17.6 Å². The number of hydrogen-bond acceptors (Lipinski definition) is 2. The van der Waals surface area contributed by atoms with E-state index < -0.39 is 0 Å². The van der Waals surface area contributed by atoms with Crippen LogP contribution in [0.2, 0.25) is 0 Å². The second-order valence-corrected chi connectivity index (χ2v) is 5.38. The van der Waals surface area contributed by atoms with Crippen LogP contribution in [0, 0.1) is 11.3 Å². The lowest BCUT2D eigenvalue weighted by atomic mass is 9.74. The van der Waals surface area contributed by atoms with Crippen LogP contribution in [0.15, 0.2) is 0 Å². The zero-order valence-electron chi connectivity index (χ0n) is 8.95. The summed E-state index contributed by atoms with van der Waals surface area (Å²) in [5, 5.41) is 19.3. The van der Waals surface area contributed by atoms with Crippen LogP contribution in [0.3, 0.4) is 0 Å². The summed E-state index contributed by atoms with van der Waals surface area (Å²) in [6.45, 7) is 6.22. The van der Waals surface area contributed by atoms with Crippen molar-refractivity contribution in [1.29, 1.82) is 0 Å². The van der Waals surface area contributed by atoms with Crippen molar-refractivity contribution in [3.8, 4) is 0 Å². The van der Waals surface area contributed by atoms with Crippen molar-refractivity contribution in [3.05, 3.63) is 0 Å². The third-order valence-electron chi connectivity index (χ3n) is 3.08. The van der Waals surface area contributed by atoms with E-state index in [2.05, 4.69) is 20.8 Å². The van der Waals surface area contributed by atoms with E-state index in [1.54, 1.807) is 0 Å². The number of rotatable bonds is 1. The maximum absolute atomic E-state index is 10.0. The molecule has 1 fully saturated rings. The Hall–Kier alpha value is -0.0800. The maximum atomic E-state index is 10.0. The molecule has 1 rings (SSSR count). The molecule has 0 spiro atoms. The molecule has 1 aliphatic rings. The van der Waals surface area contributed by atoms with E-state index in [4.69, 9.17) is 0 Å². The average molecular weight is 186 g/mol. The molecule has 1 atom stereocenters. The Labute approximate surface area is 81.0 Å². The van der Waals surface area contributed by atoms with Crippen molar-refractivity contribution in [2.24, 2.45) is 11.3 Å². The predicted octanol–water partition coefficient (Wildman–Crippen LogP) is 1.94. The fraction of sp³-hybridized carbons (Fsp3) is 1.00. The first kappa shape index (κ1) is 11.0. The third kappa shape index (κ3) is 2.96. The molecule has 13 heavy (non-hydrogen) atoms. The molecule has 2 heteroatoms. The lowest BCUT2D eigenvalue weighted by Gasteiger charge is -2.36. The minimum atomic E-state index is -0.222. The molecule has 1 unspecified atom stereocenters. The van der Waals surface area contributed by atoms with Crippen LogP contribution < -0.4 is 0 Å². The Morgan fingerprint density at radius 1 is 1.08 bits per heavy atom. The smallest absolute Gasteiger partial charge is 0.0616 e. The SMILES string of the molecule is CC(C)(C)C(O)C1CCC(O)CC1. The summed E-state index contributed by atoms with van der Waals surface area (Å²) in [6, 6.07) is 0. The second-order valence-electron chi connectivity index (χ2n) is 5.38. The summed E-state index contributed by atoms with van der Waals surface area (Å²) in [5.41, 5.74) is -0.0209. The highest BCUT2D eigenvalue weighted by molar-refractivity contribution is 4.83. The van der Waals surface area contributed by atoms with Gasteiger partial charge in [0.05, 0.1) is 12.2 Å². The molecule has 0 bridgehead atoms. The van der Waals surface area contributed by atoms with E-state index >= 15 is 0 Å². The van der Waals surface area contributed by atoms with Gasteiger partial charge in [0.15, 0.2) is 0 Å². The molecule has 0 saturated heterocycles. The van der Waals surface area contributed by atoms with Crippen LogP contribution >= 0.6 is 0 Å². The van der Waals surface area contributed by atoms with Gasteiger partial charge in [-0.2, -0.15) is 0 Å². The van der Waals surface area contributed by atoms with Gasteiger partial charge in [-0.05, 0) is 37.0 Å². The molecule has 1 saturated carbocycles. The Balaban J connectivity index is 2.45. The van der Waals surface area contributed by atoms with Crippen LogP contribution in [0.1, 0.15) is 46.5 Å². The number of aliphatic hydroxyl groups is 2. The Kier molecular flexibility index (Phi) is 3.36. The van der Waals surface area contributed by atoms with Crippen LogP contribution in [0.25, 0.3) is 0 Å². The average Bonchev–Trinajstić information content (AvgIpc) is 2.03. The van der Waals surface area contributed by atoms with Gasteiger partial charge in [0.2, 0.25) is 0 Å². The van der Waals surface area contributed by atoms with Crippen molar-refractivity contribution < 1.29 is 10.2 Å². The van der Waals surface area contributed by atoms with Gasteiger partial charge in [-0.1, -0.05) is 20.8 Å². The largest absolute Gasteiger partial charge is 0.393 e. The van der Waals surface area contributed by atoms with Crippen molar-refractivity contribution >= 4 is 0 Å². The van der Waals surface area contributed by atoms with Gasteiger partial charge in [-0.3, -0.25) is 0 Å². The summed E-state index contributed by atoms with van der Waals surface area (Å²) < 4.78 is 0. The molecular formula is C11H22O2. The van der Waals surface area contributed by atoms with E-state index in [0.29, 0.717) is 5.92 Å². The van der Waals surface area contributed by atoms with Crippen molar-refractivity contribution in [1.82, 2.24) is 0 Å². The van der Waals surface area contributed by atoms with Crippen molar-refractivity contribution in [2.45, 2.75) is 58.7 Å². The summed E-state index contributed by atoms with van der Waals surface area (Å²) >= 11 is 0. The quantitative estimate of drug-likeness (QED) is 0.657. The molecular weight excluding hydrogens is 164 g/mol. The normalized spacial score (nSPS) is 33.0. The fourth-order valence-corrected chi connectivity index (χ4v) is 2.12. The third-order valence-corrected chi connectivity index (χ3v) is 3.08. The van der Waals surface area contributed by atoms with Gasteiger partial charge in [-0.25, -0.2) is 0 Å².